The summed E-state index contributed by atoms with van der Waals surface area (Å²) in [4.78, 5) is 0. The minimum atomic E-state index is -0.0985. The lowest BCUT2D eigenvalue weighted by Crippen LogP contribution is -2.30. The lowest BCUT2D eigenvalue weighted by molar-refractivity contribution is -0.0987. The van der Waals surface area contributed by atoms with Crippen molar-refractivity contribution in [2.45, 2.75) is 38.4 Å². The zero-order valence-electron chi connectivity index (χ0n) is 9.42. The van der Waals surface area contributed by atoms with Crippen molar-refractivity contribution in [3.05, 3.63) is 0 Å². The lowest BCUT2D eigenvalue weighted by Gasteiger charge is -2.15. The summed E-state index contributed by atoms with van der Waals surface area (Å²) in [6.07, 6.45) is 6.94. The molecule has 1 aliphatic carbocycles. The van der Waals surface area contributed by atoms with Gasteiger partial charge in [-0.3, -0.25) is 0 Å². The van der Waals surface area contributed by atoms with Crippen LogP contribution in [0.3, 0.4) is 0 Å². The zero-order chi connectivity index (χ0) is 10.2. The lowest BCUT2D eigenvalue weighted by atomic mass is 10.0. The standard InChI is InChI=1S/C11H23NO2/c1-13-11(14-2)9-12-8-7-10-5-3-4-6-10/h10-12H,3-9H2,1-2H3. The highest BCUT2D eigenvalue weighted by Gasteiger charge is 2.14. The molecule has 0 aromatic rings. The van der Waals surface area contributed by atoms with Crippen molar-refractivity contribution in [2.75, 3.05) is 27.3 Å². The second kappa shape index (κ2) is 7.21. The molecule has 1 rings (SSSR count). The molecule has 0 saturated heterocycles. The highest BCUT2D eigenvalue weighted by atomic mass is 16.7. The third-order valence-corrected chi connectivity index (χ3v) is 3.04. The van der Waals surface area contributed by atoms with Crippen molar-refractivity contribution in [1.29, 1.82) is 0 Å². The first kappa shape index (κ1) is 12.0. The molecule has 1 N–H and O–H groups in total. The number of rotatable bonds is 7. The summed E-state index contributed by atoms with van der Waals surface area (Å²) in [5.74, 6) is 0.964. The molecule has 0 aromatic heterocycles. The molecule has 0 aliphatic heterocycles. The predicted octanol–water partition coefficient (Wildman–Crippen LogP) is 1.78. The van der Waals surface area contributed by atoms with E-state index in [0.29, 0.717) is 0 Å². The van der Waals surface area contributed by atoms with E-state index in [4.69, 9.17) is 9.47 Å². The molecule has 0 radical (unpaired) electrons. The molecule has 0 amide bonds. The number of nitrogens with one attached hydrogen (secondary N) is 1. The van der Waals surface area contributed by atoms with Gasteiger partial charge in [0.25, 0.3) is 0 Å². The summed E-state index contributed by atoms with van der Waals surface area (Å²) in [5.41, 5.74) is 0. The normalized spacial score (nSPS) is 18.2. The maximum atomic E-state index is 5.09. The maximum absolute atomic E-state index is 5.09. The van der Waals surface area contributed by atoms with E-state index >= 15 is 0 Å². The predicted molar refractivity (Wildman–Crippen MR) is 57.3 cm³/mol. The Balaban J connectivity index is 1.92. The number of hydrogen-bond donors (Lipinski definition) is 1. The fraction of sp³-hybridized carbons (Fsp3) is 1.00. The van der Waals surface area contributed by atoms with Crippen molar-refractivity contribution in [2.24, 2.45) is 5.92 Å². The average molecular weight is 201 g/mol. The molecule has 1 fully saturated rings. The van der Waals surface area contributed by atoms with E-state index in [1.165, 1.54) is 32.1 Å². The summed E-state index contributed by atoms with van der Waals surface area (Å²) in [6.45, 7) is 1.88. The van der Waals surface area contributed by atoms with Gasteiger partial charge in [0.05, 0.1) is 0 Å². The van der Waals surface area contributed by atoms with Gasteiger partial charge < -0.3 is 14.8 Å². The molecule has 14 heavy (non-hydrogen) atoms. The summed E-state index contributed by atoms with van der Waals surface area (Å²) in [5, 5.41) is 3.36. The minimum Gasteiger partial charge on any atom is -0.355 e. The molecule has 0 bridgehead atoms. The smallest absolute Gasteiger partial charge is 0.169 e. The van der Waals surface area contributed by atoms with Crippen LogP contribution in [0.25, 0.3) is 0 Å². The molecular formula is C11H23NO2. The fourth-order valence-electron chi connectivity index (χ4n) is 2.09. The first-order chi connectivity index (χ1) is 6.86. The van der Waals surface area contributed by atoms with Gasteiger partial charge >= 0.3 is 0 Å². The average Bonchev–Trinajstić information content (AvgIpc) is 2.71. The van der Waals surface area contributed by atoms with Crippen molar-refractivity contribution in [3.63, 3.8) is 0 Å². The second-order valence-corrected chi connectivity index (χ2v) is 4.04. The topological polar surface area (TPSA) is 30.5 Å². The van der Waals surface area contributed by atoms with Crippen molar-refractivity contribution in [1.82, 2.24) is 5.32 Å². The Morgan fingerprint density at radius 1 is 1.21 bits per heavy atom. The molecule has 1 saturated carbocycles. The van der Waals surface area contributed by atoms with Gasteiger partial charge in [-0.2, -0.15) is 0 Å². The fourth-order valence-corrected chi connectivity index (χ4v) is 2.09. The first-order valence-corrected chi connectivity index (χ1v) is 5.63. The molecule has 0 atom stereocenters. The van der Waals surface area contributed by atoms with Crippen LogP contribution in [0.2, 0.25) is 0 Å². The SMILES string of the molecule is COC(CNCCC1CCCC1)OC. The molecule has 3 heteroatoms. The van der Waals surface area contributed by atoms with Gasteiger partial charge in [0, 0.05) is 20.8 Å². The van der Waals surface area contributed by atoms with E-state index in [2.05, 4.69) is 5.32 Å². The zero-order valence-corrected chi connectivity index (χ0v) is 9.42. The molecule has 3 nitrogen and oxygen atoms in total. The number of ether oxygens (including phenoxy) is 2. The molecular weight excluding hydrogens is 178 g/mol. The van der Waals surface area contributed by atoms with Gasteiger partial charge in [-0.1, -0.05) is 25.7 Å². The van der Waals surface area contributed by atoms with Crippen molar-refractivity contribution < 1.29 is 9.47 Å². The summed E-state index contributed by atoms with van der Waals surface area (Å²) < 4.78 is 10.2. The van der Waals surface area contributed by atoms with E-state index in [0.717, 1.165) is 19.0 Å². The Kier molecular flexibility index (Phi) is 6.15. The highest BCUT2D eigenvalue weighted by Crippen LogP contribution is 2.26. The van der Waals surface area contributed by atoms with Gasteiger partial charge in [0.1, 0.15) is 0 Å². The number of hydrogen-bond acceptors (Lipinski definition) is 3. The maximum Gasteiger partial charge on any atom is 0.169 e. The first-order valence-electron chi connectivity index (χ1n) is 5.63. The van der Waals surface area contributed by atoms with Gasteiger partial charge in [0.2, 0.25) is 0 Å². The van der Waals surface area contributed by atoms with E-state index < -0.39 is 0 Å². The second-order valence-electron chi connectivity index (χ2n) is 4.04. The van der Waals surface area contributed by atoms with Crippen molar-refractivity contribution >= 4 is 0 Å². The molecule has 0 heterocycles. The van der Waals surface area contributed by atoms with E-state index in [-0.39, 0.29) is 6.29 Å². The minimum absolute atomic E-state index is 0.0985. The van der Waals surface area contributed by atoms with E-state index in [9.17, 15) is 0 Å². The summed E-state index contributed by atoms with van der Waals surface area (Å²) in [7, 11) is 3.35. The Hall–Kier alpha value is -0.120. The molecule has 1 aliphatic rings. The van der Waals surface area contributed by atoms with Crippen LogP contribution in [0.5, 0.6) is 0 Å². The third-order valence-electron chi connectivity index (χ3n) is 3.04. The Bertz CT molecular complexity index is 127. The molecule has 0 unspecified atom stereocenters. The van der Waals surface area contributed by atoms with Crippen LogP contribution in [-0.2, 0) is 9.47 Å². The van der Waals surface area contributed by atoms with Crippen LogP contribution >= 0.6 is 0 Å². The van der Waals surface area contributed by atoms with Crippen LogP contribution in [0.4, 0.5) is 0 Å². The third kappa shape index (κ3) is 4.40. The molecule has 0 aromatic carbocycles. The van der Waals surface area contributed by atoms with Crippen LogP contribution in [0.15, 0.2) is 0 Å². The van der Waals surface area contributed by atoms with Crippen LogP contribution in [0, 0.1) is 5.92 Å². The van der Waals surface area contributed by atoms with Crippen molar-refractivity contribution in [3.8, 4) is 0 Å². The van der Waals surface area contributed by atoms with Gasteiger partial charge in [0.15, 0.2) is 6.29 Å². The van der Waals surface area contributed by atoms with Gasteiger partial charge in [-0.05, 0) is 18.9 Å². The van der Waals surface area contributed by atoms with Crippen LogP contribution < -0.4 is 5.32 Å². The Morgan fingerprint density at radius 2 is 1.86 bits per heavy atom. The summed E-state index contributed by atoms with van der Waals surface area (Å²) >= 11 is 0. The van der Waals surface area contributed by atoms with E-state index in [1.807, 2.05) is 0 Å². The van der Waals surface area contributed by atoms with E-state index in [1.54, 1.807) is 14.2 Å². The van der Waals surface area contributed by atoms with Crippen LogP contribution in [-0.4, -0.2) is 33.6 Å². The largest absolute Gasteiger partial charge is 0.355 e. The monoisotopic (exact) mass is 201 g/mol. The van der Waals surface area contributed by atoms with Gasteiger partial charge in [-0.15, -0.1) is 0 Å². The summed E-state index contributed by atoms with van der Waals surface area (Å²) in [6, 6.07) is 0. The highest BCUT2D eigenvalue weighted by molar-refractivity contribution is 4.68. The van der Waals surface area contributed by atoms with Gasteiger partial charge in [-0.25, -0.2) is 0 Å². The Labute approximate surface area is 87.2 Å². The van der Waals surface area contributed by atoms with Crippen LogP contribution in [0.1, 0.15) is 32.1 Å². The number of methoxy groups -OCH3 is 2. The Morgan fingerprint density at radius 3 is 2.43 bits per heavy atom. The molecule has 84 valence electrons. The quantitative estimate of drug-likeness (QED) is 0.503. The molecule has 0 spiro atoms.